The van der Waals surface area contributed by atoms with Gasteiger partial charge in [0.25, 0.3) is 0 Å². The van der Waals surface area contributed by atoms with Gasteiger partial charge in [-0.15, -0.1) is 12.3 Å². The van der Waals surface area contributed by atoms with Crippen molar-refractivity contribution in [1.29, 1.82) is 0 Å². The van der Waals surface area contributed by atoms with Crippen molar-refractivity contribution in [2.45, 2.75) is 32.6 Å². The van der Waals surface area contributed by atoms with Crippen LogP contribution < -0.4 is 0 Å². The van der Waals surface area contributed by atoms with Crippen LogP contribution in [0.5, 0.6) is 0 Å². The van der Waals surface area contributed by atoms with E-state index < -0.39 is 5.41 Å². The quantitative estimate of drug-likeness (QED) is 0.587. The van der Waals surface area contributed by atoms with Crippen LogP contribution in [0.25, 0.3) is 0 Å². The number of terminal acetylenes is 1. The van der Waals surface area contributed by atoms with E-state index in [2.05, 4.69) is 5.92 Å². The maximum atomic E-state index is 11.6. The smallest absolute Gasteiger partial charge is 0.132 e. The summed E-state index contributed by atoms with van der Waals surface area (Å²) in [6, 6.07) is 7.36. The molecule has 0 saturated heterocycles. The van der Waals surface area contributed by atoms with Crippen LogP contribution in [0.3, 0.4) is 0 Å². The minimum Gasteiger partial charge on any atom is -0.302 e. The van der Waals surface area contributed by atoms with Crippen LogP contribution in [0.1, 0.15) is 32.8 Å². The topological polar surface area (TPSA) is 17.1 Å². The lowest BCUT2D eigenvalue weighted by atomic mass is 9.62. The van der Waals surface area contributed by atoms with E-state index in [-0.39, 0.29) is 5.41 Å². The van der Waals surface area contributed by atoms with Gasteiger partial charge < -0.3 is 4.79 Å². The molecule has 0 bridgehead atoms. The van der Waals surface area contributed by atoms with Gasteiger partial charge in [0, 0.05) is 11.4 Å². The first kappa shape index (κ1) is 13.8. The predicted octanol–water partition coefficient (Wildman–Crippen LogP) is 3.85. The van der Waals surface area contributed by atoms with E-state index in [1.807, 2.05) is 39.0 Å². The minimum atomic E-state index is -0.688. The third-order valence-corrected chi connectivity index (χ3v) is 3.50. The fourth-order valence-corrected chi connectivity index (χ4v) is 2.20. The highest BCUT2D eigenvalue weighted by atomic mass is 35.5. The molecule has 0 radical (unpaired) electrons. The molecule has 1 atom stereocenters. The third-order valence-electron chi connectivity index (χ3n) is 3.26. The number of hydrogen-bond acceptors (Lipinski definition) is 1. The SMILES string of the molecule is C#CCC(C=O)(c1cccc(Cl)c1)C(C)(C)C. The lowest BCUT2D eigenvalue weighted by Crippen LogP contribution is -2.41. The van der Waals surface area contributed by atoms with Crippen molar-refractivity contribution in [3.8, 4) is 12.3 Å². The van der Waals surface area contributed by atoms with Gasteiger partial charge in [0.2, 0.25) is 0 Å². The second kappa shape index (κ2) is 4.94. The van der Waals surface area contributed by atoms with Gasteiger partial charge in [-0.1, -0.05) is 44.5 Å². The van der Waals surface area contributed by atoms with Gasteiger partial charge in [0.1, 0.15) is 6.29 Å². The zero-order chi connectivity index (χ0) is 13.1. The van der Waals surface area contributed by atoms with E-state index in [1.165, 1.54) is 0 Å². The zero-order valence-electron chi connectivity index (χ0n) is 10.5. The molecule has 1 rings (SSSR count). The number of rotatable bonds is 3. The highest BCUT2D eigenvalue weighted by molar-refractivity contribution is 6.30. The summed E-state index contributed by atoms with van der Waals surface area (Å²) in [5, 5.41) is 0.620. The van der Waals surface area contributed by atoms with Crippen LogP contribution in [0.4, 0.5) is 0 Å². The van der Waals surface area contributed by atoms with E-state index in [0.717, 1.165) is 11.8 Å². The Morgan fingerprint density at radius 2 is 2.06 bits per heavy atom. The molecule has 1 nitrogen and oxygen atoms in total. The molecule has 0 N–H and O–H groups in total. The summed E-state index contributed by atoms with van der Waals surface area (Å²) in [5.41, 5.74) is -0.0659. The lowest BCUT2D eigenvalue weighted by molar-refractivity contribution is -0.116. The second-order valence-corrected chi connectivity index (χ2v) is 5.67. The van der Waals surface area contributed by atoms with E-state index in [9.17, 15) is 4.79 Å². The summed E-state index contributed by atoms with van der Waals surface area (Å²) in [6.45, 7) is 6.04. The first-order valence-corrected chi connectivity index (χ1v) is 5.91. The molecule has 90 valence electrons. The molecule has 1 unspecified atom stereocenters. The van der Waals surface area contributed by atoms with Gasteiger partial charge in [-0.2, -0.15) is 0 Å². The molecule has 0 saturated carbocycles. The number of benzene rings is 1. The number of carbonyl (C=O) groups excluding carboxylic acids is 1. The van der Waals surface area contributed by atoms with Crippen LogP contribution in [-0.2, 0) is 10.2 Å². The average Bonchev–Trinajstić information content (AvgIpc) is 2.24. The van der Waals surface area contributed by atoms with Crippen LogP contribution in [0.15, 0.2) is 24.3 Å². The van der Waals surface area contributed by atoms with E-state index in [1.54, 1.807) is 6.07 Å². The molecule has 0 aliphatic rings. The molecule has 0 aromatic heterocycles. The predicted molar refractivity (Wildman–Crippen MR) is 72.1 cm³/mol. The summed E-state index contributed by atoms with van der Waals surface area (Å²) in [6.07, 6.45) is 6.75. The second-order valence-electron chi connectivity index (χ2n) is 5.23. The highest BCUT2D eigenvalue weighted by Crippen LogP contribution is 2.43. The van der Waals surface area contributed by atoms with Crippen LogP contribution in [-0.4, -0.2) is 6.29 Å². The number of aldehydes is 1. The summed E-state index contributed by atoms with van der Waals surface area (Å²) in [5.74, 6) is 2.61. The highest BCUT2D eigenvalue weighted by Gasteiger charge is 2.42. The Kier molecular flexibility index (Phi) is 4.01. The molecular weight excluding hydrogens is 232 g/mol. The molecule has 2 heteroatoms. The van der Waals surface area contributed by atoms with E-state index in [0.29, 0.717) is 11.4 Å². The van der Waals surface area contributed by atoms with Crippen LogP contribution in [0.2, 0.25) is 5.02 Å². The molecule has 0 aliphatic heterocycles. The molecule has 0 fully saturated rings. The molecule has 17 heavy (non-hydrogen) atoms. The molecule has 0 heterocycles. The van der Waals surface area contributed by atoms with Crippen molar-refractivity contribution in [3.05, 3.63) is 34.9 Å². The molecule has 0 amide bonds. The van der Waals surface area contributed by atoms with Gasteiger partial charge in [0.15, 0.2) is 0 Å². The van der Waals surface area contributed by atoms with Gasteiger partial charge in [-0.3, -0.25) is 0 Å². The van der Waals surface area contributed by atoms with Crippen molar-refractivity contribution >= 4 is 17.9 Å². The Morgan fingerprint density at radius 1 is 1.41 bits per heavy atom. The standard InChI is InChI=1S/C15H17ClO/c1-5-9-15(11-17,14(2,3)4)12-7-6-8-13(16)10-12/h1,6-8,10-11H,9H2,2-4H3. The molecular formula is C15H17ClO. The van der Waals surface area contributed by atoms with Crippen molar-refractivity contribution in [2.75, 3.05) is 0 Å². The normalized spacial score (nSPS) is 14.8. The molecule has 1 aromatic rings. The van der Waals surface area contributed by atoms with Gasteiger partial charge in [-0.25, -0.2) is 0 Å². The maximum absolute atomic E-state index is 11.6. The number of carbonyl (C=O) groups is 1. The summed E-state index contributed by atoms with van der Waals surface area (Å²) in [4.78, 5) is 11.6. The Hall–Kier alpha value is -1.26. The molecule has 0 aliphatic carbocycles. The van der Waals surface area contributed by atoms with E-state index >= 15 is 0 Å². The van der Waals surface area contributed by atoms with Gasteiger partial charge in [-0.05, 0) is 23.1 Å². The Labute approximate surface area is 108 Å². The van der Waals surface area contributed by atoms with Crippen molar-refractivity contribution in [2.24, 2.45) is 5.41 Å². The first-order valence-electron chi connectivity index (χ1n) is 5.53. The van der Waals surface area contributed by atoms with Crippen molar-refractivity contribution in [3.63, 3.8) is 0 Å². The number of hydrogen-bond donors (Lipinski definition) is 0. The van der Waals surface area contributed by atoms with Crippen molar-refractivity contribution in [1.82, 2.24) is 0 Å². The Morgan fingerprint density at radius 3 is 2.47 bits per heavy atom. The maximum Gasteiger partial charge on any atom is 0.132 e. The fraction of sp³-hybridized carbons (Fsp3) is 0.400. The summed E-state index contributed by atoms with van der Waals surface area (Å²) < 4.78 is 0. The number of halogens is 1. The Balaban J connectivity index is 3.43. The van der Waals surface area contributed by atoms with Gasteiger partial charge in [0.05, 0.1) is 5.41 Å². The van der Waals surface area contributed by atoms with Gasteiger partial charge >= 0.3 is 0 Å². The third kappa shape index (κ3) is 2.53. The zero-order valence-corrected chi connectivity index (χ0v) is 11.2. The monoisotopic (exact) mass is 248 g/mol. The fourth-order valence-electron chi connectivity index (χ4n) is 2.01. The first-order chi connectivity index (χ1) is 7.87. The van der Waals surface area contributed by atoms with Crippen LogP contribution >= 0.6 is 11.6 Å². The average molecular weight is 249 g/mol. The molecule has 1 aromatic carbocycles. The Bertz CT molecular complexity index is 451. The lowest BCUT2D eigenvalue weighted by Gasteiger charge is -2.39. The largest absolute Gasteiger partial charge is 0.302 e. The summed E-state index contributed by atoms with van der Waals surface area (Å²) >= 11 is 5.99. The summed E-state index contributed by atoms with van der Waals surface area (Å²) in [7, 11) is 0. The van der Waals surface area contributed by atoms with Crippen LogP contribution in [0, 0.1) is 17.8 Å². The molecule has 0 spiro atoms. The van der Waals surface area contributed by atoms with E-state index in [4.69, 9.17) is 18.0 Å². The van der Waals surface area contributed by atoms with Crippen molar-refractivity contribution < 1.29 is 4.79 Å². The minimum absolute atomic E-state index is 0.258.